The van der Waals surface area contributed by atoms with Crippen LogP contribution in [0.25, 0.3) is 0 Å². The first-order valence-electron chi connectivity index (χ1n) is 7.86. The van der Waals surface area contributed by atoms with Gasteiger partial charge in [0, 0.05) is 10.7 Å². The molecular weight excluding hydrogens is 326 g/mol. The Kier molecular flexibility index (Phi) is 4.41. The van der Waals surface area contributed by atoms with E-state index in [1.165, 1.54) is 0 Å². The second kappa shape index (κ2) is 6.36. The van der Waals surface area contributed by atoms with Gasteiger partial charge in [0.05, 0.1) is 5.41 Å². The Morgan fingerprint density at radius 1 is 1.12 bits per heavy atom. The lowest BCUT2D eigenvalue weighted by atomic mass is 9.83. The molecule has 0 spiro atoms. The summed E-state index contributed by atoms with van der Waals surface area (Å²) in [6.45, 7) is 6.71. The van der Waals surface area contributed by atoms with Crippen molar-refractivity contribution in [2.75, 3.05) is 18.5 Å². The van der Waals surface area contributed by atoms with E-state index in [2.05, 4.69) is 5.32 Å². The maximum Gasteiger partial charge on any atom is 0.234 e. The zero-order valence-electron chi connectivity index (χ0n) is 14.0. The summed E-state index contributed by atoms with van der Waals surface area (Å²) in [6.07, 6.45) is 0. The molecule has 0 aliphatic carbocycles. The fourth-order valence-electron chi connectivity index (χ4n) is 2.58. The SMILES string of the molecule is Cc1c(Cl)cccc1NC(=O)C(C)(C)c1ccc2c(c1)OCCO2. The number of carbonyl (C=O) groups excluding carboxylic acids is 1. The maximum atomic E-state index is 12.8. The highest BCUT2D eigenvalue weighted by atomic mass is 35.5. The van der Waals surface area contributed by atoms with Gasteiger partial charge in [-0.3, -0.25) is 4.79 Å². The molecular formula is C19H20ClNO3. The molecule has 0 atom stereocenters. The first-order chi connectivity index (χ1) is 11.4. The molecule has 2 aromatic rings. The molecule has 1 heterocycles. The first kappa shape index (κ1) is 16.7. The van der Waals surface area contributed by atoms with Crippen molar-refractivity contribution in [2.24, 2.45) is 0 Å². The van der Waals surface area contributed by atoms with Crippen molar-refractivity contribution in [1.82, 2.24) is 0 Å². The average molecular weight is 346 g/mol. The molecule has 0 saturated heterocycles. The largest absolute Gasteiger partial charge is 0.486 e. The molecule has 0 saturated carbocycles. The number of rotatable bonds is 3. The minimum Gasteiger partial charge on any atom is -0.486 e. The van der Waals surface area contributed by atoms with Gasteiger partial charge >= 0.3 is 0 Å². The van der Waals surface area contributed by atoms with Crippen LogP contribution in [-0.2, 0) is 10.2 Å². The molecule has 24 heavy (non-hydrogen) atoms. The van der Waals surface area contributed by atoms with E-state index >= 15 is 0 Å². The monoisotopic (exact) mass is 345 g/mol. The summed E-state index contributed by atoms with van der Waals surface area (Å²) in [6, 6.07) is 11.1. The number of halogens is 1. The Morgan fingerprint density at radius 3 is 2.58 bits per heavy atom. The van der Waals surface area contributed by atoms with Gasteiger partial charge in [-0.25, -0.2) is 0 Å². The third kappa shape index (κ3) is 3.06. The quantitative estimate of drug-likeness (QED) is 0.900. The third-order valence-electron chi connectivity index (χ3n) is 4.35. The molecule has 0 unspecified atom stereocenters. The minimum absolute atomic E-state index is 0.107. The highest BCUT2D eigenvalue weighted by Crippen LogP contribution is 2.36. The van der Waals surface area contributed by atoms with Crippen LogP contribution in [0.4, 0.5) is 5.69 Å². The zero-order chi connectivity index (χ0) is 17.3. The van der Waals surface area contributed by atoms with Crippen molar-refractivity contribution >= 4 is 23.2 Å². The molecule has 1 aliphatic heterocycles. The lowest BCUT2D eigenvalue weighted by molar-refractivity contribution is -0.120. The van der Waals surface area contributed by atoms with Gasteiger partial charge in [0.15, 0.2) is 11.5 Å². The van der Waals surface area contributed by atoms with Crippen LogP contribution in [0.1, 0.15) is 25.0 Å². The Labute approximate surface area is 146 Å². The van der Waals surface area contributed by atoms with Gasteiger partial charge in [0.2, 0.25) is 5.91 Å². The number of benzene rings is 2. The molecule has 0 fully saturated rings. The molecule has 1 N–H and O–H groups in total. The number of ether oxygens (including phenoxy) is 2. The molecule has 0 aromatic heterocycles. The van der Waals surface area contributed by atoms with Crippen molar-refractivity contribution in [2.45, 2.75) is 26.2 Å². The van der Waals surface area contributed by atoms with Gasteiger partial charge in [0.1, 0.15) is 13.2 Å². The topological polar surface area (TPSA) is 47.6 Å². The fraction of sp³-hybridized carbons (Fsp3) is 0.316. The van der Waals surface area contributed by atoms with E-state index in [0.29, 0.717) is 29.7 Å². The molecule has 5 heteroatoms. The number of carbonyl (C=O) groups is 1. The van der Waals surface area contributed by atoms with Crippen molar-refractivity contribution in [3.05, 3.63) is 52.5 Å². The van der Waals surface area contributed by atoms with Crippen molar-refractivity contribution in [1.29, 1.82) is 0 Å². The maximum absolute atomic E-state index is 12.8. The summed E-state index contributed by atoms with van der Waals surface area (Å²) in [7, 11) is 0. The van der Waals surface area contributed by atoms with Crippen molar-refractivity contribution < 1.29 is 14.3 Å². The standard InChI is InChI=1S/C19H20ClNO3/c1-12-14(20)5-4-6-15(12)21-18(22)19(2,3)13-7-8-16-17(11-13)24-10-9-23-16/h4-8,11H,9-10H2,1-3H3,(H,21,22). The number of anilines is 1. The van der Waals surface area contributed by atoms with Gasteiger partial charge in [-0.1, -0.05) is 23.7 Å². The van der Waals surface area contributed by atoms with Crippen LogP contribution in [0.2, 0.25) is 5.02 Å². The van der Waals surface area contributed by atoms with E-state index in [1.54, 1.807) is 6.07 Å². The molecule has 126 valence electrons. The van der Waals surface area contributed by atoms with Crippen LogP contribution in [-0.4, -0.2) is 19.1 Å². The highest BCUT2D eigenvalue weighted by Gasteiger charge is 2.31. The third-order valence-corrected chi connectivity index (χ3v) is 4.76. The van der Waals surface area contributed by atoms with Crippen molar-refractivity contribution in [3.8, 4) is 11.5 Å². The Balaban J connectivity index is 1.86. The molecule has 2 aromatic carbocycles. The summed E-state index contributed by atoms with van der Waals surface area (Å²) in [5.41, 5.74) is 1.71. The molecule has 3 rings (SSSR count). The molecule has 4 nitrogen and oxygen atoms in total. The predicted molar refractivity (Wildman–Crippen MR) is 95.3 cm³/mol. The average Bonchev–Trinajstić information content (AvgIpc) is 2.58. The van der Waals surface area contributed by atoms with E-state index in [1.807, 2.05) is 51.1 Å². The minimum atomic E-state index is -0.732. The number of nitrogens with one attached hydrogen (secondary N) is 1. The van der Waals surface area contributed by atoms with Crippen LogP contribution in [0, 0.1) is 6.92 Å². The summed E-state index contributed by atoms with van der Waals surface area (Å²) in [5, 5.41) is 3.60. The van der Waals surface area contributed by atoms with E-state index in [4.69, 9.17) is 21.1 Å². The Morgan fingerprint density at radius 2 is 1.83 bits per heavy atom. The van der Waals surface area contributed by atoms with Gasteiger partial charge in [-0.15, -0.1) is 0 Å². The lowest BCUT2D eigenvalue weighted by Gasteiger charge is -2.27. The molecule has 1 aliphatic rings. The smallest absolute Gasteiger partial charge is 0.234 e. The van der Waals surface area contributed by atoms with E-state index in [0.717, 1.165) is 16.8 Å². The van der Waals surface area contributed by atoms with Crippen LogP contribution in [0.5, 0.6) is 11.5 Å². The second-order valence-corrected chi connectivity index (χ2v) is 6.76. The number of amides is 1. The normalized spacial score (nSPS) is 13.5. The van der Waals surface area contributed by atoms with Gasteiger partial charge in [0.25, 0.3) is 0 Å². The summed E-state index contributed by atoms with van der Waals surface area (Å²) in [5.74, 6) is 1.29. The van der Waals surface area contributed by atoms with Crippen LogP contribution >= 0.6 is 11.6 Å². The van der Waals surface area contributed by atoms with Gasteiger partial charge in [-0.05, 0) is 56.2 Å². The number of hydrogen-bond donors (Lipinski definition) is 1. The fourth-order valence-corrected chi connectivity index (χ4v) is 2.76. The number of hydrogen-bond acceptors (Lipinski definition) is 3. The molecule has 0 radical (unpaired) electrons. The van der Waals surface area contributed by atoms with Crippen LogP contribution in [0.15, 0.2) is 36.4 Å². The first-order valence-corrected chi connectivity index (χ1v) is 8.24. The lowest BCUT2D eigenvalue weighted by Crippen LogP contribution is -2.35. The van der Waals surface area contributed by atoms with Gasteiger partial charge < -0.3 is 14.8 Å². The Bertz CT molecular complexity index is 786. The van der Waals surface area contributed by atoms with Crippen LogP contribution in [0.3, 0.4) is 0 Å². The Hall–Kier alpha value is -2.20. The van der Waals surface area contributed by atoms with E-state index in [9.17, 15) is 4.79 Å². The molecule has 0 bridgehead atoms. The number of fused-ring (bicyclic) bond motifs is 1. The predicted octanol–water partition coefficient (Wildman–Crippen LogP) is 4.34. The van der Waals surface area contributed by atoms with E-state index in [-0.39, 0.29) is 5.91 Å². The summed E-state index contributed by atoms with van der Waals surface area (Å²) < 4.78 is 11.2. The van der Waals surface area contributed by atoms with Crippen LogP contribution < -0.4 is 14.8 Å². The second-order valence-electron chi connectivity index (χ2n) is 6.35. The van der Waals surface area contributed by atoms with Crippen molar-refractivity contribution in [3.63, 3.8) is 0 Å². The summed E-state index contributed by atoms with van der Waals surface area (Å²) in [4.78, 5) is 12.8. The summed E-state index contributed by atoms with van der Waals surface area (Å²) >= 11 is 6.13. The van der Waals surface area contributed by atoms with E-state index < -0.39 is 5.41 Å². The zero-order valence-corrected chi connectivity index (χ0v) is 14.7. The molecule has 1 amide bonds. The highest BCUT2D eigenvalue weighted by molar-refractivity contribution is 6.31. The van der Waals surface area contributed by atoms with Gasteiger partial charge in [-0.2, -0.15) is 0 Å².